The first-order chi connectivity index (χ1) is 8.47. The minimum atomic E-state index is -0.915. The van der Waals surface area contributed by atoms with Crippen LogP contribution < -0.4 is 0 Å². The summed E-state index contributed by atoms with van der Waals surface area (Å²) in [7, 11) is 0. The summed E-state index contributed by atoms with van der Waals surface area (Å²) in [6.45, 7) is 5.73. The zero-order chi connectivity index (χ0) is 13.7. The summed E-state index contributed by atoms with van der Waals surface area (Å²) in [4.78, 5) is 28.3. The molecule has 7 heteroatoms. The molecule has 1 amide bonds. The Morgan fingerprint density at radius 2 is 2.11 bits per heavy atom. The van der Waals surface area contributed by atoms with Crippen molar-refractivity contribution in [3.63, 3.8) is 0 Å². The zero-order valence-electron chi connectivity index (χ0n) is 10.8. The SMILES string of the molecule is CCN(C(=O)C(C)n1cncn1)C(C)CC(=O)O. The minimum absolute atomic E-state index is 0.0658. The second-order valence-electron chi connectivity index (χ2n) is 4.12. The number of nitrogens with zero attached hydrogens (tertiary/aromatic N) is 4. The summed E-state index contributed by atoms with van der Waals surface area (Å²) in [5.74, 6) is -1.07. The second kappa shape index (κ2) is 6.13. The number of aliphatic carboxylic acids is 1. The second-order valence-corrected chi connectivity index (χ2v) is 4.12. The molecule has 0 radical (unpaired) electrons. The number of carbonyl (C=O) groups is 2. The van der Waals surface area contributed by atoms with Gasteiger partial charge < -0.3 is 10.0 Å². The third-order valence-electron chi connectivity index (χ3n) is 2.82. The van der Waals surface area contributed by atoms with Gasteiger partial charge in [-0.05, 0) is 20.8 Å². The predicted octanol–water partition coefficient (Wildman–Crippen LogP) is 0.551. The lowest BCUT2D eigenvalue weighted by atomic mass is 10.1. The molecule has 0 saturated heterocycles. The highest BCUT2D eigenvalue weighted by molar-refractivity contribution is 5.81. The molecule has 7 nitrogen and oxygen atoms in total. The Morgan fingerprint density at radius 3 is 2.56 bits per heavy atom. The molecule has 2 unspecified atom stereocenters. The van der Waals surface area contributed by atoms with Crippen molar-refractivity contribution in [1.82, 2.24) is 19.7 Å². The van der Waals surface area contributed by atoms with Crippen LogP contribution in [-0.4, -0.2) is 49.2 Å². The fraction of sp³-hybridized carbons (Fsp3) is 0.636. The average Bonchev–Trinajstić information content (AvgIpc) is 2.81. The van der Waals surface area contributed by atoms with Crippen LogP contribution in [0.5, 0.6) is 0 Å². The molecule has 0 aromatic carbocycles. The quantitative estimate of drug-likeness (QED) is 0.801. The van der Waals surface area contributed by atoms with E-state index in [-0.39, 0.29) is 18.4 Å². The van der Waals surface area contributed by atoms with Crippen LogP contribution in [-0.2, 0) is 9.59 Å². The van der Waals surface area contributed by atoms with Gasteiger partial charge in [0.25, 0.3) is 0 Å². The highest BCUT2D eigenvalue weighted by atomic mass is 16.4. The van der Waals surface area contributed by atoms with Crippen molar-refractivity contribution >= 4 is 11.9 Å². The monoisotopic (exact) mass is 254 g/mol. The molecule has 0 fully saturated rings. The van der Waals surface area contributed by atoms with Crippen LogP contribution in [0.25, 0.3) is 0 Å². The van der Waals surface area contributed by atoms with E-state index in [1.54, 1.807) is 18.7 Å². The summed E-state index contributed by atoms with van der Waals surface area (Å²) in [6, 6.07) is -0.824. The maximum atomic E-state index is 12.2. The van der Waals surface area contributed by atoms with Crippen molar-refractivity contribution in [2.45, 2.75) is 39.3 Å². The van der Waals surface area contributed by atoms with Crippen LogP contribution in [0, 0.1) is 0 Å². The minimum Gasteiger partial charge on any atom is -0.481 e. The first-order valence-electron chi connectivity index (χ1n) is 5.83. The molecular formula is C11H18N4O3. The lowest BCUT2D eigenvalue weighted by Gasteiger charge is -2.29. The molecule has 1 aromatic heterocycles. The van der Waals surface area contributed by atoms with Crippen molar-refractivity contribution in [1.29, 1.82) is 0 Å². The summed E-state index contributed by atoms with van der Waals surface area (Å²) in [5, 5.41) is 12.7. The molecule has 0 aliphatic rings. The number of hydrogen-bond acceptors (Lipinski definition) is 4. The number of carboxylic acid groups (broad SMARTS) is 1. The van der Waals surface area contributed by atoms with Gasteiger partial charge in [-0.3, -0.25) is 9.59 Å². The number of amides is 1. The van der Waals surface area contributed by atoms with Crippen molar-refractivity contribution in [3.05, 3.63) is 12.7 Å². The zero-order valence-corrected chi connectivity index (χ0v) is 10.8. The van der Waals surface area contributed by atoms with E-state index in [0.717, 1.165) is 0 Å². The van der Waals surface area contributed by atoms with Crippen LogP contribution in [0.4, 0.5) is 0 Å². The number of rotatable bonds is 6. The van der Waals surface area contributed by atoms with Gasteiger partial charge in [0.1, 0.15) is 18.7 Å². The number of aromatic nitrogens is 3. The Kier molecular flexibility index (Phi) is 4.82. The highest BCUT2D eigenvalue weighted by Crippen LogP contribution is 2.12. The first-order valence-corrected chi connectivity index (χ1v) is 5.83. The van der Waals surface area contributed by atoms with Crippen LogP contribution in [0.2, 0.25) is 0 Å². The molecule has 18 heavy (non-hydrogen) atoms. The third-order valence-corrected chi connectivity index (χ3v) is 2.82. The van der Waals surface area contributed by atoms with E-state index in [4.69, 9.17) is 5.11 Å². The molecule has 0 spiro atoms. The molecule has 1 aromatic rings. The molecule has 1 N–H and O–H groups in total. The van der Waals surface area contributed by atoms with Gasteiger partial charge in [0.05, 0.1) is 6.42 Å². The van der Waals surface area contributed by atoms with Crippen molar-refractivity contribution in [2.75, 3.05) is 6.54 Å². The molecule has 2 atom stereocenters. The lowest BCUT2D eigenvalue weighted by molar-refractivity contribution is -0.141. The maximum absolute atomic E-state index is 12.2. The van der Waals surface area contributed by atoms with E-state index in [2.05, 4.69) is 10.1 Å². The Morgan fingerprint density at radius 1 is 1.44 bits per heavy atom. The molecule has 100 valence electrons. The summed E-state index contributed by atoms with van der Waals surface area (Å²) in [6.07, 6.45) is 2.77. The Balaban J connectivity index is 2.76. The van der Waals surface area contributed by atoms with Crippen molar-refractivity contribution in [2.24, 2.45) is 0 Å². The summed E-state index contributed by atoms with van der Waals surface area (Å²) < 4.78 is 1.46. The molecule has 0 aliphatic heterocycles. The summed E-state index contributed by atoms with van der Waals surface area (Å²) >= 11 is 0. The molecule has 0 bridgehead atoms. The largest absolute Gasteiger partial charge is 0.481 e. The molecule has 1 heterocycles. The third kappa shape index (κ3) is 3.28. The van der Waals surface area contributed by atoms with E-state index in [9.17, 15) is 9.59 Å². The van der Waals surface area contributed by atoms with Gasteiger partial charge >= 0.3 is 5.97 Å². The normalized spacial score (nSPS) is 13.9. The maximum Gasteiger partial charge on any atom is 0.305 e. The standard InChI is InChI=1S/C11H18N4O3/c1-4-14(8(2)5-10(16)17)11(18)9(3)15-7-12-6-13-15/h6-9H,4-5H2,1-3H3,(H,16,17). The topological polar surface area (TPSA) is 88.3 Å². The summed E-state index contributed by atoms with van der Waals surface area (Å²) in [5.41, 5.74) is 0. The van der Waals surface area contributed by atoms with Gasteiger partial charge in [-0.25, -0.2) is 9.67 Å². The van der Waals surface area contributed by atoms with Gasteiger partial charge in [0.15, 0.2) is 0 Å². The molecule has 0 aliphatic carbocycles. The van der Waals surface area contributed by atoms with Crippen LogP contribution in [0.3, 0.4) is 0 Å². The van der Waals surface area contributed by atoms with Gasteiger partial charge in [0.2, 0.25) is 5.91 Å². The van der Waals surface area contributed by atoms with Gasteiger partial charge in [0, 0.05) is 12.6 Å². The van der Waals surface area contributed by atoms with E-state index in [1.807, 2.05) is 6.92 Å². The van der Waals surface area contributed by atoms with Gasteiger partial charge in [-0.1, -0.05) is 0 Å². The van der Waals surface area contributed by atoms with E-state index >= 15 is 0 Å². The molecule has 1 rings (SSSR count). The molecular weight excluding hydrogens is 236 g/mol. The Bertz CT molecular complexity index is 404. The van der Waals surface area contributed by atoms with Crippen molar-refractivity contribution in [3.8, 4) is 0 Å². The number of likely N-dealkylation sites (N-methyl/N-ethyl adjacent to an activating group) is 1. The number of carbonyl (C=O) groups excluding carboxylic acids is 1. The first kappa shape index (κ1) is 14.1. The van der Waals surface area contributed by atoms with E-state index in [0.29, 0.717) is 6.54 Å². The fourth-order valence-electron chi connectivity index (χ4n) is 1.82. The Labute approximate surface area is 105 Å². The highest BCUT2D eigenvalue weighted by Gasteiger charge is 2.26. The predicted molar refractivity (Wildman–Crippen MR) is 63.8 cm³/mol. The van der Waals surface area contributed by atoms with Gasteiger partial charge in [-0.15, -0.1) is 0 Å². The van der Waals surface area contributed by atoms with E-state index < -0.39 is 12.0 Å². The van der Waals surface area contributed by atoms with Crippen LogP contribution >= 0.6 is 0 Å². The van der Waals surface area contributed by atoms with E-state index in [1.165, 1.54) is 17.3 Å². The number of hydrogen-bond donors (Lipinski definition) is 1. The van der Waals surface area contributed by atoms with Crippen molar-refractivity contribution < 1.29 is 14.7 Å². The van der Waals surface area contributed by atoms with Gasteiger partial charge in [-0.2, -0.15) is 5.10 Å². The fourth-order valence-corrected chi connectivity index (χ4v) is 1.82. The van der Waals surface area contributed by atoms with Crippen LogP contribution in [0.1, 0.15) is 33.2 Å². The lowest BCUT2D eigenvalue weighted by Crippen LogP contribution is -2.43. The number of carboxylic acids is 1. The Hall–Kier alpha value is -1.92. The smallest absolute Gasteiger partial charge is 0.305 e. The molecule has 0 saturated carbocycles. The average molecular weight is 254 g/mol. The van der Waals surface area contributed by atoms with Crippen LogP contribution in [0.15, 0.2) is 12.7 Å².